The van der Waals surface area contributed by atoms with Gasteiger partial charge in [0.2, 0.25) is 5.91 Å². The van der Waals surface area contributed by atoms with Crippen molar-refractivity contribution in [1.82, 2.24) is 9.80 Å². The molecular formula is C10H21N3O. The Morgan fingerprint density at radius 3 is 2.64 bits per heavy atom. The van der Waals surface area contributed by atoms with Crippen LogP contribution in [0.5, 0.6) is 0 Å². The van der Waals surface area contributed by atoms with Crippen molar-refractivity contribution in [3.8, 4) is 0 Å². The van der Waals surface area contributed by atoms with Gasteiger partial charge in [-0.3, -0.25) is 9.69 Å². The lowest BCUT2D eigenvalue weighted by molar-refractivity contribution is -0.134. The van der Waals surface area contributed by atoms with E-state index >= 15 is 0 Å². The third kappa shape index (κ3) is 2.25. The maximum absolute atomic E-state index is 11.9. The number of nitrogens with zero attached hydrogens (tertiary/aromatic N) is 2. The Labute approximate surface area is 86.0 Å². The summed E-state index contributed by atoms with van der Waals surface area (Å²) in [6, 6.07) is 0.265. The van der Waals surface area contributed by atoms with E-state index in [9.17, 15) is 4.79 Å². The van der Waals surface area contributed by atoms with Crippen molar-refractivity contribution in [2.45, 2.75) is 32.4 Å². The van der Waals surface area contributed by atoms with Crippen LogP contribution in [0.1, 0.15) is 20.3 Å². The summed E-state index contributed by atoms with van der Waals surface area (Å²) in [5, 5.41) is 0. The van der Waals surface area contributed by atoms with Gasteiger partial charge >= 0.3 is 0 Å². The van der Waals surface area contributed by atoms with Crippen molar-refractivity contribution in [2.75, 3.05) is 26.7 Å². The fourth-order valence-corrected chi connectivity index (χ4v) is 2.01. The number of carbonyl (C=O) groups excluding carboxylic acids is 1. The average molecular weight is 199 g/mol. The van der Waals surface area contributed by atoms with Crippen LogP contribution < -0.4 is 5.73 Å². The highest BCUT2D eigenvalue weighted by Crippen LogP contribution is 2.12. The molecule has 0 bridgehead atoms. The minimum atomic E-state index is -0.123. The predicted molar refractivity (Wildman–Crippen MR) is 56.9 cm³/mol. The van der Waals surface area contributed by atoms with E-state index < -0.39 is 0 Å². The Kier molecular flexibility index (Phi) is 3.89. The standard InChI is InChI=1S/C10H21N3O/c1-8(2)13-6-4-5-12(3)10(14)9(13)7-11/h8-9H,4-7,11H2,1-3H3. The van der Waals surface area contributed by atoms with Gasteiger partial charge in [0.1, 0.15) is 6.04 Å². The first-order chi connectivity index (χ1) is 6.57. The summed E-state index contributed by atoms with van der Waals surface area (Å²) in [5.74, 6) is 0.165. The zero-order chi connectivity index (χ0) is 10.7. The zero-order valence-corrected chi connectivity index (χ0v) is 9.36. The van der Waals surface area contributed by atoms with Gasteiger partial charge in [-0.05, 0) is 20.3 Å². The van der Waals surface area contributed by atoms with Gasteiger partial charge in [-0.25, -0.2) is 0 Å². The molecule has 82 valence electrons. The number of carbonyl (C=O) groups is 1. The molecule has 0 aromatic heterocycles. The highest BCUT2D eigenvalue weighted by molar-refractivity contribution is 5.82. The first-order valence-corrected chi connectivity index (χ1v) is 5.28. The average Bonchev–Trinajstić information content (AvgIpc) is 2.27. The van der Waals surface area contributed by atoms with Gasteiger partial charge in [0.25, 0.3) is 0 Å². The summed E-state index contributed by atoms with van der Waals surface area (Å²) in [7, 11) is 1.86. The van der Waals surface area contributed by atoms with Gasteiger partial charge < -0.3 is 10.6 Å². The van der Waals surface area contributed by atoms with Crippen LogP contribution in [0.2, 0.25) is 0 Å². The second kappa shape index (κ2) is 4.75. The summed E-state index contributed by atoms with van der Waals surface area (Å²) >= 11 is 0. The normalized spacial score (nSPS) is 25.6. The van der Waals surface area contributed by atoms with E-state index in [2.05, 4.69) is 18.7 Å². The molecule has 1 atom stereocenters. The quantitative estimate of drug-likeness (QED) is 0.675. The number of amides is 1. The largest absolute Gasteiger partial charge is 0.344 e. The van der Waals surface area contributed by atoms with E-state index in [1.807, 2.05) is 7.05 Å². The molecule has 0 spiro atoms. The van der Waals surface area contributed by atoms with Crippen LogP contribution in [0.15, 0.2) is 0 Å². The SMILES string of the molecule is CC(C)N1CCCN(C)C(=O)C1CN. The number of hydrogen-bond acceptors (Lipinski definition) is 3. The second-order valence-electron chi connectivity index (χ2n) is 4.20. The molecule has 0 aliphatic carbocycles. The molecule has 1 aliphatic rings. The summed E-state index contributed by atoms with van der Waals surface area (Å²) in [4.78, 5) is 15.9. The molecule has 1 heterocycles. The van der Waals surface area contributed by atoms with Crippen LogP contribution in [-0.4, -0.2) is 54.5 Å². The van der Waals surface area contributed by atoms with Crippen LogP contribution in [-0.2, 0) is 4.79 Å². The van der Waals surface area contributed by atoms with Gasteiger partial charge in [0.15, 0.2) is 0 Å². The van der Waals surface area contributed by atoms with E-state index in [1.165, 1.54) is 0 Å². The molecule has 0 saturated carbocycles. The Bertz CT molecular complexity index is 206. The van der Waals surface area contributed by atoms with E-state index in [0.29, 0.717) is 12.6 Å². The maximum atomic E-state index is 11.9. The minimum absolute atomic E-state index is 0.123. The predicted octanol–water partition coefficient (Wildman–Crippen LogP) is -0.114. The summed E-state index contributed by atoms with van der Waals surface area (Å²) < 4.78 is 0. The Morgan fingerprint density at radius 1 is 1.50 bits per heavy atom. The molecule has 1 fully saturated rings. The van der Waals surface area contributed by atoms with Crippen LogP contribution >= 0.6 is 0 Å². The molecule has 2 N–H and O–H groups in total. The van der Waals surface area contributed by atoms with Crippen LogP contribution in [0.3, 0.4) is 0 Å². The van der Waals surface area contributed by atoms with Crippen molar-refractivity contribution in [2.24, 2.45) is 5.73 Å². The second-order valence-corrected chi connectivity index (χ2v) is 4.20. The first kappa shape index (κ1) is 11.5. The smallest absolute Gasteiger partial charge is 0.240 e. The molecule has 1 rings (SSSR count). The van der Waals surface area contributed by atoms with Gasteiger partial charge in [-0.15, -0.1) is 0 Å². The molecule has 4 nitrogen and oxygen atoms in total. The lowest BCUT2D eigenvalue weighted by atomic mass is 10.2. The number of hydrogen-bond donors (Lipinski definition) is 1. The molecule has 1 saturated heterocycles. The van der Waals surface area contributed by atoms with Crippen molar-refractivity contribution in [3.63, 3.8) is 0 Å². The summed E-state index contributed by atoms with van der Waals surface area (Å²) in [6.07, 6.45) is 1.04. The summed E-state index contributed by atoms with van der Waals surface area (Å²) in [5.41, 5.74) is 5.66. The van der Waals surface area contributed by atoms with Crippen molar-refractivity contribution >= 4 is 5.91 Å². The third-order valence-corrected chi connectivity index (χ3v) is 2.86. The Hall–Kier alpha value is -0.610. The van der Waals surface area contributed by atoms with Crippen molar-refractivity contribution < 1.29 is 4.79 Å². The monoisotopic (exact) mass is 199 g/mol. The fraction of sp³-hybridized carbons (Fsp3) is 0.900. The number of rotatable bonds is 2. The molecule has 0 aromatic rings. The first-order valence-electron chi connectivity index (χ1n) is 5.28. The Morgan fingerprint density at radius 2 is 2.14 bits per heavy atom. The van der Waals surface area contributed by atoms with Gasteiger partial charge in [0, 0.05) is 32.7 Å². The van der Waals surface area contributed by atoms with E-state index in [4.69, 9.17) is 5.73 Å². The number of likely N-dealkylation sites (N-methyl/N-ethyl adjacent to an activating group) is 1. The van der Waals surface area contributed by atoms with Crippen molar-refractivity contribution in [1.29, 1.82) is 0 Å². The van der Waals surface area contributed by atoms with Crippen LogP contribution in [0.25, 0.3) is 0 Å². The fourth-order valence-electron chi connectivity index (χ4n) is 2.01. The molecule has 0 aromatic carbocycles. The zero-order valence-electron chi connectivity index (χ0n) is 9.36. The lowest BCUT2D eigenvalue weighted by Gasteiger charge is -2.31. The van der Waals surface area contributed by atoms with Gasteiger partial charge in [0.05, 0.1) is 0 Å². The minimum Gasteiger partial charge on any atom is -0.344 e. The number of nitrogens with two attached hydrogens (primary N) is 1. The van der Waals surface area contributed by atoms with E-state index in [-0.39, 0.29) is 11.9 Å². The molecule has 1 aliphatic heterocycles. The van der Waals surface area contributed by atoms with E-state index in [1.54, 1.807) is 4.90 Å². The topological polar surface area (TPSA) is 49.6 Å². The van der Waals surface area contributed by atoms with Gasteiger partial charge in [-0.1, -0.05) is 0 Å². The lowest BCUT2D eigenvalue weighted by Crippen LogP contribution is -2.51. The third-order valence-electron chi connectivity index (χ3n) is 2.86. The van der Waals surface area contributed by atoms with Crippen LogP contribution in [0.4, 0.5) is 0 Å². The summed E-state index contributed by atoms with van der Waals surface area (Å²) in [6.45, 7) is 6.46. The van der Waals surface area contributed by atoms with E-state index in [0.717, 1.165) is 19.5 Å². The molecule has 1 amide bonds. The van der Waals surface area contributed by atoms with Crippen LogP contribution in [0, 0.1) is 0 Å². The Balaban J connectivity index is 2.80. The molecule has 4 heteroatoms. The molecule has 14 heavy (non-hydrogen) atoms. The highest BCUT2D eigenvalue weighted by Gasteiger charge is 2.30. The molecule has 0 radical (unpaired) electrons. The van der Waals surface area contributed by atoms with Gasteiger partial charge in [-0.2, -0.15) is 0 Å². The van der Waals surface area contributed by atoms with Crippen molar-refractivity contribution in [3.05, 3.63) is 0 Å². The highest BCUT2D eigenvalue weighted by atomic mass is 16.2. The molecule has 1 unspecified atom stereocenters. The molecular weight excluding hydrogens is 178 g/mol. The maximum Gasteiger partial charge on any atom is 0.240 e.